The molecule has 0 amide bonds. The molecule has 100 valence electrons. The van der Waals surface area contributed by atoms with Gasteiger partial charge in [0.15, 0.2) is 0 Å². The smallest absolute Gasteiger partial charge is 0.221 e. The van der Waals surface area contributed by atoms with E-state index >= 15 is 0 Å². The second-order valence-electron chi connectivity index (χ2n) is 5.25. The van der Waals surface area contributed by atoms with Crippen LogP contribution in [-0.2, 0) is 0 Å². The Morgan fingerprint density at radius 1 is 1.50 bits per heavy atom. The third-order valence-corrected chi connectivity index (χ3v) is 3.64. The fraction of sp³-hybridized carbons (Fsp3) is 0.692. The Kier molecular flexibility index (Phi) is 3.71. The molecule has 2 rings (SSSR count). The molecule has 18 heavy (non-hydrogen) atoms. The molecule has 5 nitrogen and oxygen atoms in total. The summed E-state index contributed by atoms with van der Waals surface area (Å²) in [6.07, 6.45) is 2.68. The fourth-order valence-electron chi connectivity index (χ4n) is 2.40. The summed E-state index contributed by atoms with van der Waals surface area (Å²) in [6, 6.07) is 0. The van der Waals surface area contributed by atoms with Gasteiger partial charge in [-0.3, -0.25) is 0 Å². The molecule has 1 aromatic rings. The van der Waals surface area contributed by atoms with E-state index in [4.69, 9.17) is 10.5 Å². The van der Waals surface area contributed by atoms with Crippen LogP contribution < -0.4 is 15.4 Å². The summed E-state index contributed by atoms with van der Waals surface area (Å²) in [5, 5.41) is 0. The molecule has 0 aliphatic carbocycles. The molecule has 2 N–H and O–H groups in total. The van der Waals surface area contributed by atoms with Crippen LogP contribution in [0.5, 0.6) is 5.88 Å². The summed E-state index contributed by atoms with van der Waals surface area (Å²) in [5.41, 5.74) is 7.05. The zero-order valence-electron chi connectivity index (χ0n) is 11.4. The van der Waals surface area contributed by atoms with Gasteiger partial charge >= 0.3 is 0 Å². The lowest BCUT2D eigenvalue weighted by Gasteiger charge is -2.24. The van der Waals surface area contributed by atoms with E-state index < -0.39 is 0 Å². The van der Waals surface area contributed by atoms with Crippen molar-refractivity contribution in [1.29, 1.82) is 0 Å². The van der Waals surface area contributed by atoms with Gasteiger partial charge in [0.05, 0.1) is 12.2 Å². The molecule has 1 fully saturated rings. The molecule has 5 heteroatoms. The fourth-order valence-corrected chi connectivity index (χ4v) is 2.40. The van der Waals surface area contributed by atoms with Crippen LogP contribution >= 0.6 is 0 Å². The largest absolute Gasteiger partial charge is 0.478 e. The number of anilines is 1. The normalized spacial score (nSPS) is 23.4. The lowest BCUT2D eigenvalue weighted by molar-refractivity contribution is 0.323. The minimum absolute atomic E-state index is 0.198. The van der Waals surface area contributed by atoms with Crippen molar-refractivity contribution >= 4 is 5.82 Å². The second kappa shape index (κ2) is 5.10. The summed E-state index contributed by atoms with van der Waals surface area (Å²) in [5.74, 6) is 1.66. The molecule has 1 aromatic heterocycles. The minimum Gasteiger partial charge on any atom is -0.478 e. The van der Waals surface area contributed by atoms with Crippen molar-refractivity contribution in [3.05, 3.63) is 11.9 Å². The number of aromatic nitrogens is 2. The minimum atomic E-state index is 0.198. The summed E-state index contributed by atoms with van der Waals surface area (Å²) >= 11 is 0. The van der Waals surface area contributed by atoms with Crippen LogP contribution in [0.1, 0.15) is 25.8 Å². The summed E-state index contributed by atoms with van der Waals surface area (Å²) in [4.78, 5) is 10.9. The molecule has 1 saturated heterocycles. The molecular weight excluding hydrogens is 228 g/mol. The highest BCUT2D eigenvalue weighted by Gasteiger charge is 2.34. The van der Waals surface area contributed by atoms with Crippen LogP contribution in [0.4, 0.5) is 5.82 Å². The standard InChI is InChI=1S/C13H22N4O/c1-4-18-12-10(2)11(15-9-16-12)17-6-5-13(3,7-14)8-17/h9H,4-8,14H2,1-3H3. The first-order valence-corrected chi connectivity index (χ1v) is 6.49. The molecule has 0 saturated carbocycles. The Labute approximate surface area is 108 Å². The maximum absolute atomic E-state index is 5.84. The Bertz CT molecular complexity index is 423. The number of hydrogen-bond acceptors (Lipinski definition) is 5. The maximum Gasteiger partial charge on any atom is 0.221 e. The number of ether oxygens (including phenoxy) is 1. The monoisotopic (exact) mass is 250 g/mol. The summed E-state index contributed by atoms with van der Waals surface area (Å²) < 4.78 is 5.51. The van der Waals surface area contributed by atoms with E-state index in [0.29, 0.717) is 19.0 Å². The molecule has 0 radical (unpaired) electrons. The highest BCUT2D eigenvalue weighted by atomic mass is 16.5. The predicted octanol–water partition coefficient (Wildman–Crippen LogP) is 1.36. The van der Waals surface area contributed by atoms with E-state index in [2.05, 4.69) is 21.8 Å². The zero-order chi connectivity index (χ0) is 13.2. The number of nitrogens with two attached hydrogens (primary N) is 1. The van der Waals surface area contributed by atoms with E-state index in [9.17, 15) is 0 Å². The van der Waals surface area contributed by atoms with Gasteiger partial charge in [0, 0.05) is 13.1 Å². The highest BCUT2D eigenvalue weighted by Crippen LogP contribution is 2.34. The van der Waals surface area contributed by atoms with E-state index in [-0.39, 0.29) is 5.41 Å². The molecule has 0 aromatic carbocycles. The van der Waals surface area contributed by atoms with Gasteiger partial charge in [-0.15, -0.1) is 0 Å². The quantitative estimate of drug-likeness (QED) is 0.874. The lowest BCUT2D eigenvalue weighted by atomic mass is 9.90. The van der Waals surface area contributed by atoms with Crippen molar-refractivity contribution in [2.75, 3.05) is 31.1 Å². The van der Waals surface area contributed by atoms with Gasteiger partial charge in [0.2, 0.25) is 5.88 Å². The molecule has 1 aliphatic heterocycles. The molecule has 0 bridgehead atoms. The average Bonchev–Trinajstić information content (AvgIpc) is 2.76. The van der Waals surface area contributed by atoms with Gasteiger partial charge < -0.3 is 15.4 Å². The Morgan fingerprint density at radius 2 is 2.28 bits per heavy atom. The first kappa shape index (κ1) is 13.1. The van der Waals surface area contributed by atoms with Crippen molar-refractivity contribution < 1.29 is 4.74 Å². The third-order valence-electron chi connectivity index (χ3n) is 3.64. The number of hydrogen-bond donors (Lipinski definition) is 1. The van der Waals surface area contributed by atoms with Crippen molar-refractivity contribution in [3.63, 3.8) is 0 Å². The third kappa shape index (κ3) is 2.41. The first-order chi connectivity index (χ1) is 8.59. The first-order valence-electron chi connectivity index (χ1n) is 6.49. The van der Waals surface area contributed by atoms with Gasteiger partial charge in [-0.05, 0) is 32.2 Å². The summed E-state index contributed by atoms with van der Waals surface area (Å²) in [7, 11) is 0. The SMILES string of the molecule is CCOc1ncnc(N2CCC(C)(CN)C2)c1C. The van der Waals surface area contributed by atoms with Crippen LogP contribution in [0.2, 0.25) is 0 Å². The Morgan fingerprint density at radius 3 is 2.89 bits per heavy atom. The average molecular weight is 250 g/mol. The van der Waals surface area contributed by atoms with Crippen molar-refractivity contribution in [1.82, 2.24) is 9.97 Å². The Hall–Kier alpha value is -1.36. The van der Waals surface area contributed by atoms with Crippen molar-refractivity contribution in [2.45, 2.75) is 27.2 Å². The maximum atomic E-state index is 5.84. The number of nitrogens with zero attached hydrogens (tertiary/aromatic N) is 3. The predicted molar refractivity (Wildman–Crippen MR) is 71.9 cm³/mol. The topological polar surface area (TPSA) is 64.3 Å². The molecule has 1 aliphatic rings. The van der Waals surface area contributed by atoms with Crippen molar-refractivity contribution in [2.24, 2.45) is 11.1 Å². The highest BCUT2D eigenvalue weighted by molar-refractivity contribution is 5.51. The summed E-state index contributed by atoms with van der Waals surface area (Å²) in [6.45, 7) is 9.49. The van der Waals surface area contributed by atoms with E-state index in [1.807, 2.05) is 13.8 Å². The van der Waals surface area contributed by atoms with E-state index in [1.165, 1.54) is 0 Å². The molecule has 2 heterocycles. The zero-order valence-corrected chi connectivity index (χ0v) is 11.4. The molecular formula is C13H22N4O. The second-order valence-corrected chi connectivity index (χ2v) is 5.25. The lowest BCUT2D eigenvalue weighted by Crippen LogP contribution is -2.31. The van der Waals surface area contributed by atoms with Gasteiger partial charge in [0.25, 0.3) is 0 Å². The van der Waals surface area contributed by atoms with Crippen molar-refractivity contribution in [3.8, 4) is 5.88 Å². The van der Waals surface area contributed by atoms with Crippen LogP contribution in [0.15, 0.2) is 6.33 Å². The Balaban J connectivity index is 2.22. The van der Waals surface area contributed by atoms with Gasteiger partial charge in [-0.2, -0.15) is 0 Å². The van der Waals surface area contributed by atoms with Gasteiger partial charge in [-0.1, -0.05) is 6.92 Å². The molecule has 0 spiro atoms. The van der Waals surface area contributed by atoms with E-state index in [0.717, 1.165) is 30.9 Å². The van der Waals surface area contributed by atoms with Gasteiger partial charge in [0.1, 0.15) is 12.1 Å². The molecule has 1 atom stereocenters. The van der Waals surface area contributed by atoms with Crippen LogP contribution in [0.3, 0.4) is 0 Å². The van der Waals surface area contributed by atoms with Gasteiger partial charge in [-0.25, -0.2) is 9.97 Å². The van der Waals surface area contributed by atoms with Crippen LogP contribution in [-0.4, -0.2) is 36.2 Å². The van der Waals surface area contributed by atoms with E-state index in [1.54, 1.807) is 6.33 Å². The van der Waals surface area contributed by atoms with Crippen LogP contribution in [0.25, 0.3) is 0 Å². The molecule has 1 unspecified atom stereocenters. The van der Waals surface area contributed by atoms with Crippen LogP contribution in [0, 0.1) is 12.3 Å². The number of rotatable bonds is 4.